The first-order chi connectivity index (χ1) is 13.9. The van der Waals surface area contributed by atoms with E-state index < -0.39 is 0 Å². The maximum atomic E-state index is 12.4. The number of thiocarbonyl (C=S) groups is 1. The van der Waals surface area contributed by atoms with Crippen molar-refractivity contribution >= 4 is 23.1 Å². The highest BCUT2D eigenvalue weighted by molar-refractivity contribution is 7.80. The molecule has 0 fully saturated rings. The van der Waals surface area contributed by atoms with E-state index >= 15 is 0 Å². The molecule has 1 heterocycles. The van der Waals surface area contributed by atoms with Gasteiger partial charge in [-0.15, -0.1) is 0 Å². The van der Waals surface area contributed by atoms with Gasteiger partial charge < -0.3 is 15.0 Å². The minimum atomic E-state index is -0.237. The van der Waals surface area contributed by atoms with Gasteiger partial charge in [0, 0.05) is 17.8 Å². The summed E-state index contributed by atoms with van der Waals surface area (Å²) in [4.78, 5) is 14.4. The number of benzene rings is 2. The summed E-state index contributed by atoms with van der Waals surface area (Å²) in [6.45, 7) is 9.11. The average Bonchev–Trinajstić information content (AvgIpc) is 2.70. The van der Waals surface area contributed by atoms with E-state index in [4.69, 9.17) is 17.0 Å². The molecule has 0 saturated heterocycles. The maximum Gasteiger partial charge on any atom is 0.173 e. The molecule has 2 aromatic rings. The Labute approximate surface area is 178 Å². The van der Waals surface area contributed by atoms with Crippen LogP contribution in [-0.4, -0.2) is 22.3 Å². The highest BCUT2D eigenvalue weighted by Gasteiger charge is 2.31. The van der Waals surface area contributed by atoms with E-state index in [-0.39, 0.29) is 11.8 Å². The van der Waals surface area contributed by atoms with Crippen LogP contribution in [0.5, 0.6) is 5.75 Å². The van der Waals surface area contributed by atoms with Gasteiger partial charge in [0.1, 0.15) is 12.4 Å². The smallest absolute Gasteiger partial charge is 0.173 e. The lowest BCUT2D eigenvalue weighted by molar-refractivity contribution is -0.114. The molecular weight excluding hydrogens is 380 g/mol. The summed E-state index contributed by atoms with van der Waals surface area (Å²) in [7, 11) is 0. The van der Waals surface area contributed by atoms with E-state index in [2.05, 4.69) is 31.3 Å². The van der Waals surface area contributed by atoms with Crippen molar-refractivity contribution in [2.75, 3.05) is 6.54 Å². The number of allylic oxidation sites excluding steroid dienone is 1. The summed E-state index contributed by atoms with van der Waals surface area (Å²) < 4.78 is 5.95. The second kappa shape index (κ2) is 9.23. The van der Waals surface area contributed by atoms with Gasteiger partial charge in [0.15, 0.2) is 10.9 Å². The van der Waals surface area contributed by atoms with Gasteiger partial charge in [-0.05, 0) is 68.2 Å². The van der Waals surface area contributed by atoms with Crippen LogP contribution >= 0.6 is 12.2 Å². The summed E-state index contributed by atoms with van der Waals surface area (Å²) in [5.41, 5.74) is 5.08. The molecule has 0 aliphatic carbocycles. The van der Waals surface area contributed by atoms with Gasteiger partial charge in [-0.3, -0.25) is 4.79 Å². The van der Waals surface area contributed by atoms with E-state index in [9.17, 15) is 4.79 Å². The third-order valence-corrected chi connectivity index (χ3v) is 5.63. The van der Waals surface area contributed by atoms with Crippen LogP contribution in [0.4, 0.5) is 0 Å². The SMILES string of the molecule is CCCN1C(=S)NC(c2ccc(OCc3ccccc3C)cc2)C(C(C)=O)=C1C. The van der Waals surface area contributed by atoms with Crippen LogP contribution in [0.3, 0.4) is 0 Å². The molecule has 29 heavy (non-hydrogen) atoms. The highest BCUT2D eigenvalue weighted by Crippen LogP contribution is 2.32. The molecule has 3 rings (SSSR count). The fourth-order valence-electron chi connectivity index (χ4n) is 3.67. The second-order valence-corrected chi connectivity index (χ2v) is 7.76. The standard InChI is InChI=1S/C24H28N2O2S/c1-5-14-26-17(3)22(18(4)27)23(25-24(26)29)19-10-12-21(13-11-19)28-15-20-9-7-6-8-16(20)2/h6-13,23H,5,14-15H2,1-4H3,(H,25,29). The first-order valence-corrected chi connectivity index (χ1v) is 10.4. The van der Waals surface area contributed by atoms with Crippen LogP contribution in [0.2, 0.25) is 0 Å². The van der Waals surface area contributed by atoms with Crippen molar-refractivity contribution in [1.29, 1.82) is 0 Å². The van der Waals surface area contributed by atoms with Crippen LogP contribution in [-0.2, 0) is 11.4 Å². The van der Waals surface area contributed by atoms with Crippen molar-refractivity contribution in [3.8, 4) is 5.75 Å². The number of hydrogen-bond acceptors (Lipinski definition) is 3. The Kier molecular flexibility index (Phi) is 6.70. The lowest BCUT2D eigenvalue weighted by atomic mass is 9.92. The summed E-state index contributed by atoms with van der Waals surface area (Å²) in [5, 5.41) is 4.02. The van der Waals surface area contributed by atoms with Gasteiger partial charge in [-0.1, -0.05) is 43.3 Å². The molecule has 1 aliphatic rings. The molecule has 1 atom stereocenters. The molecule has 0 spiro atoms. The molecule has 152 valence electrons. The Balaban J connectivity index is 1.80. The first kappa shape index (κ1) is 21.1. The van der Waals surface area contributed by atoms with E-state index in [1.807, 2.05) is 48.2 Å². The molecule has 1 unspecified atom stereocenters. The lowest BCUT2D eigenvalue weighted by Crippen LogP contribution is -2.47. The van der Waals surface area contributed by atoms with Gasteiger partial charge in [0.25, 0.3) is 0 Å². The van der Waals surface area contributed by atoms with Crippen molar-refractivity contribution in [3.63, 3.8) is 0 Å². The third kappa shape index (κ3) is 4.67. The number of Topliss-reactive ketones (excluding diaryl/α,β-unsaturated/α-hetero) is 1. The molecule has 1 N–H and O–H groups in total. The Morgan fingerprint density at radius 3 is 2.45 bits per heavy atom. The summed E-state index contributed by atoms with van der Waals surface area (Å²) in [6.07, 6.45) is 0.960. The fraction of sp³-hybridized carbons (Fsp3) is 0.333. The summed E-state index contributed by atoms with van der Waals surface area (Å²) >= 11 is 5.56. The number of carbonyl (C=O) groups excluding carboxylic acids is 1. The molecule has 0 bridgehead atoms. The topological polar surface area (TPSA) is 41.6 Å². The lowest BCUT2D eigenvalue weighted by Gasteiger charge is -2.37. The number of carbonyl (C=O) groups is 1. The normalized spacial score (nSPS) is 16.6. The zero-order chi connectivity index (χ0) is 21.0. The van der Waals surface area contributed by atoms with Crippen molar-refractivity contribution in [3.05, 3.63) is 76.5 Å². The molecular formula is C24H28N2O2S. The molecule has 4 nitrogen and oxygen atoms in total. The molecule has 0 amide bonds. The number of ether oxygens (including phenoxy) is 1. The monoisotopic (exact) mass is 408 g/mol. The van der Waals surface area contributed by atoms with E-state index in [1.165, 1.54) is 11.1 Å². The predicted molar refractivity (Wildman–Crippen MR) is 121 cm³/mol. The molecule has 0 radical (unpaired) electrons. The number of aryl methyl sites for hydroxylation is 1. The molecule has 2 aromatic carbocycles. The van der Waals surface area contributed by atoms with Gasteiger partial charge in [0.05, 0.1) is 6.04 Å². The first-order valence-electron chi connectivity index (χ1n) is 9.99. The Morgan fingerprint density at radius 1 is 1.14 bits per heavy atom. The summed E-state index contributed by atoms with van der Waals surface area (Å²) in [6, 6.07) is 15.9. The third-order valence-electron chi connectivity index (χ3n) is 5.29. The molecule has 5 heteroatoms. The van der Waals surface area contributed by atoms with Crippen molar-refractivity contribution < 1.29 is 9.53 Å². The van der Waals surface area contributed by atoms with Gasteiger partial charge in [-0.25, -0.2) is 0 Å². The quantitative estimate of drug-likeness (QED) is 0.647. The maximum absolute atomic E-state index is 12.4. The predicted octanol–water partition coefficient (Wildman–Crippen LogP) is 5.08. The van der Waals surface area contributed by atoms with E-state index in [0.29, 0.717) is 11.7 Å². The van der Waals surface area contributed by atoms with Crippen molar-refractivity contribution in [2.45, 2.75) is 46.8 Å². The van der Waals surface area contributed by atoms with Crippen LogP contribution in [0.25, 0.3) is 0 Å². The van der Waals surface area contributed by atoms with Crippen molar-refractivity contribution in [2.24, 2.45) is 0 Å². The largest absolute Gasteiger partial charge is 0.489 e. The van der Waals surface area contributed by atoms with Gasteiger partial charge >= 0.3 is 0 Å². The highest BCUT2D eigenvalue weighted by atomic mass is 32.1. The summed E-state index contributed by atoms with van der Waals surface area (Å²) in [5.74, 6) is 0.858. The fourth-order valence-corrected chi connectivity index (χ4v) is 4.02. The Bertz CT molecular complexity index is 934. The van der Waals surface area contributed by atoms with Crippen LogP contribution in [0, 0.1) is 6.92 Å². The second-order valence-electron chi connectivity index (χ2n) is 7.37. The molecule has 1 aliphatic heterocycles. The average molecular weight is 409 g/mol. The van der Waals surface area contributed by atoms with Crippen LogP contribution in [0.15, 0.2) is 59.8 Å². The van der Waals surface area contributed by atoms with Gasteiger partial charge in [0.2, 0.25) is 0 Å². The zero-order valence-electron chi connectivity index (χ0n) is 17.5. The Hall–Kier alpha value is -2.66. The molecule has 0 aromatic heterocycles. The van der Waals surface area contributed by atoms with Crippen molar-refractivity contribution in [1.82, 2.24) is 10.2 Å². The van der Waals surface area contributed by atoms with Crippen LogP contribution in [0.1, 0.15) is 49.9 Å². The number of nitrogens with zero attached hydrogens (tertiary/aromatic N) is 1. The minimum Gasteiger partial charge on any atom is -0.489 e. The van der Waals surface area contributed by atoms with Crippen LogP contribution < -0.4 is 10.1 Å². The van der Waals surface area contributed by atoms with Gasteiger partial charge in [-0.2, -0.15) is 0 Å². The Morgan fingerprint density at radius 2 is 1.83 bits per heavy atom. The molecule has 0 saturated carbocycles. The van der Waals surface area contributed by atoms with E-state index in [1.54, 1.807) is 6.92 Å². The number of hydrogen-bond donors (Lipinski definition) is 1. The van der Waals surface area contributed by atoms with E-state index in [0.717, 1.165) is 35.5 Å². The number of nitrogens with one attached hydrogen (secondary N) is 1. The minimum absolute atomic E-state index is 0.0588. The number of ketones is 1. The zero-order valence-corrected chi connectivity index (χ0v) is 18.3. The number of rotatable bonds is 7.